The number of nitrogens with zero attached hydrogens (tertiary/aromatic N) is 3. The molecule has 0 aliphatic carbocycles. The van der Waals surface area contributed by atoms with Gasteiger partial charge in [-0.2, -0.15) is 5.26 Å². The van der Waals surface area contributed by atoms with Crippen molar-refractivity contribution >= 4 is 46.7 Å². The van der Waals surface area contributed by atoms with Crippen LogP contribution in [0.1, 0.15) is 35.8 Å². The Morgan fingerprint density at radius 3 is 2.71 bits per heavy atom. The summed E-state index contributed by atoms with van der Waals surface area (Å²) in [5.74, 6) is -3.97. The number of hydrogen-bond donors (Lipinski definition) is 2. The van der Waals surface area contributed by atoms with Crippen LogP contribution in [0.5, 0.6) is 0 Å². The Morgan fingerprint density at radius 2 is 2.06 bits per heavy atom. The molecule has 1 aromatic carbocycles. The molecular weight excluding hydrogens is 500 g/mol. The number of rotatable bonds is 8. The van der Waals surface area contributed by atoms with Crippen LogP contribution in [0, 0.1) is 11.3 Å². The highest BCUT2D eigenvalue weighted by Gasteiger charge is 2.47. The standard InChI is InChI=1S/C22H23F2N5O4S2/c1-13(2)33-21(32)27-14-3-5-16(6-4-14)34-11-18-28-17(10-35-18)20(31)26-9-19(30)29-12-22(23,24)7-15(29)8-25/h3-6,10,13,15H,7,9,11-12H2,1-2H3,(H,26,31)(H,27,32)/t15-/m0/s1. The first-order valence-corrected chi connectivity index (χ1v) is 12.4. The molecular formula is C22H23F2N5O4S2. The summed E-state index contributed by atoms with van der Waals surface area (Å²) < 4.78 is 32.0. The molecule has 0 spiro atoms. The number of thioether (sulfide) groups is 1. The minimum atomic E-state index is -3.11. The summed E-state index contributed by atoms with van der Waals surface area (Å²) >= 11 is 2.76. The van der Waals surface area contributed by atoms with E-state index in [1.165, 1.54) is 23.1 Å². The summed E-state index contributed by atoms with van der Waals surface area (Å²) in [6.07, 6.45) is -1.45. The fourth-order valence-corrected chi connectivity index (χ4v) is 4.86. The smallest absolute Gasteiger partial charge is 0.411 e. The summed E-state index contributed by atoms with van der Waals surface area (Å²) in [6, 6.07) is 7.64. The Hall–Kier alpha value is -3.24. The lowest BCUT2D eigenvalue weighted by Gasteiger charge is -2.19. The van der Waals surface area contributed by atoms with Gasteiger partial charge in [-0.3, -0.25) is 14.9 Å². The van der Waals surface area contributed by atoms with Crippen molar-refractivity contribution in [2.75, 3.05) is 18.4 Å². The van der Waals surface area contributed by atoms with Gasteiger partial charge in [0.1, 0.15) is 16.7 Å². The van der Waals surface area contributed by atoms with Gasteiger partial charge in [-0.05, 0) is 38.1 Å². The molecule has 0 bridgehead atoms. The molecule has 3 amide bonds. The van der Waals surface area contributed by atoms with Crippen LogP contribution in [0.15, 0.2) is 34.5 Å². The molecule has 2 heterocycles. The van der Waals surface area contributed by atoms with Crippen molar-refractivity contribution in [2.45, 2.75) is 49.0 Å². The Labute approximate surface area is 208 Å². The first-order valence-electron chi connectivity index (χ1n) is 10.6. The van der Waals surface area contributed by atoms with Crippen molar-refractivity contribution in [3.05, 3.63) is 40.3 Å². The minimum absolute atomic E-state index is 0.116. The molecule has 13 heteroatoms. The quantitative estimate of drug-likeness (QED) is 0.503. The van der Waals surface area contributed by atoms with E-state index in [9.17, 15) is 23.2 Å². The van der Waals surface area contributed by atoms with Crippen molar-refractivity contribution in [1.82, 2.24) is 15.2 Å². The van der Waals surface area contributed by atoms with Gasteiger partial charge in [-0.1, -0.05) is 0 Å². The number of benzene rings is 1. The first kappa shape index (κ1) is 26.4. The van der Waals surface area contributed by atoms with Gasteiger partial charge in [0.2, 0.25) is 5.91 Å². The third-order valence-corrected chi connectivity index (χ3v) is 6.78. The van der Waals surface area contributed by atoms with E-state index in [1.807, 2.05) is 12.1 Å². The predicted octanol–water partition coefficient (Wildman–Crippen LogP) is 3.88. The molecule has 1 aromatic heterocycles. The number of carbonyl (C=O) groups is 3. The number of carbonyl (C=O) groups excluding carboxylic acids is 3. The predicted molar refractivity (Wildman–Crippen MR) is 126 cm³/mol. The van der Waals surface area contributed by atoms with Crippen molar-refractivity contribution in [2.24, 2.45) is 0 Å². The Kier molecular flexibility index (Phi) is 8.63. The van der Waals surface area contributed by atoms with Crippen LogP contribution in [-0.4, -0.2) is 58.9 Å². The summed E-state index contributed by atoms with van der Waals surface area (Å²) in [5.41, 5.74) is 0.715. The molecule has 35 heavy (non-hydrogen) atoms. The van der Waals surface area contributed by atoms with E-state index in [0.29, 0.717) is 16.4 Å². The zero-order chi connectivity index (χ0) is 25.6. The molecule has 1 saturated heterocycles. The SMILES string of the molecule is CC(C)OC(=O)Nc1ccc(SCc2nc(C(=O)NCC(=O)N3CC(F)(F)C[C@H]3C#N)cs2)cc1. The van der Waals surface area contributed by atoms with E-state index in [4.69, 9.17) is 10.00 Å². The van der Waals surface area contributed by atoms with Gasteiger partial charge in [0.05, 0.1) is 31.0 Å². The normalized spacial score (nSPS) is 16.6. The molecule has 2 N–H and O–H groups in total. The first-order chi connectivity index (χ1) is 16.6. The van der Waals surface area contributed by atoms with Gasteiger partial charge >= 0.3 is 6.09 Å². The van der Waals surface area contributed by atoms with E-state index < -0.39 is 49.4 Å². The number of aromatic nitrogens is 1. The number of hydrogen-bond acceptors (Lipinski definition) is 8. The maximum atomic E-state index is 13.5. The fraction of sp³-hybridized carbons (Fsp3) is 0.409. The second-order valence-corrected chi connectivity index (χ2v) is 9.92. The Bertz CT molecular complexity index is 1120. The molecule has 3 rings (SSSR count). The van der Waals surface area contributed by atoms with Crippen molar-refractivity contribution in [3.8, 4) is 6.07 Å². The zero-order valence-electron chi connectivity index (χ0n) is 18.9. The van der Waals surface area contributed by atoms with Gasteiger partial charge in [-0.15, -0.1) is 23.1 Å². The number of ether oxygens (including phenoxy) is 1. The Morgan fingerprint density at radius 1 is 1.34 bits per heavy atom. The molecule has 1 aliphatic heterocycles. The van der Waals surface area contributed by atoms with Crippen LogP contribution in [0.4, 0.5) is 19.3 Å². The summed E-state index contributed by atoms with van der Waals surface area (Å²) in [5, 5.41) is 16.2. The lowest BCUT2D eigenvalue weighted by molar-refractivity contribution is -0.131. The highest BCUT2D eigenvalue weighted by Crippen LogP contribution is 2.31. The monoisotopic (exact) mass is 523 g/mol. The topological polar surface area (TPSA) is 124 Å². The molecule has 186 valence electrons. The largest absolute Gasteiger partial charge is 0.447 e. The van der Waals surface area contributed by atoms with Crippen LogP contribution in [0.2, 0.25) is 0 Å². The zero-order valence-corrected chi connectivity index (χ0v) is 20.5. The Balaban J connectivity index is 1.46. The van der Waals surface area contributed by atoms with Gasteiger partial charge in [-0.25, -0.2) is 18.6 Å². The number of anilines is 1. The summed E-state index contributed by atoms with van der Waals surface area (Å²) in [7, 11) is 0. The van der Waals surface area contributed by atoms with Crippen LogP contribution in [0.25, 0.3) is 0 Å². The second-order valence-electron chi connectivity index (χ2n) is 7.93. The maximum Gasteiger partial charge on any atom is 0.411 e. The van der Waals surface area contributed by atoms with Crippen LogP contribution in [-0.2, 0) is 15.3 Å². The molecule has 0 radical (unpaired) electrons. The van der Waals surface area contributed by atoms with Gasteiger partial charge in [0, 0.05) is 22.4 Å². The summed E-state index contributed by atoms with van der Waals surface area (Å²) in [4.78, 5) is 42.1. The second kappa shape index (κ2) is 11.5. The number of thiazole rings is 1. The number of alkyl halides is 2. The molecule has 0 unspecified atom stereocenters. The number of halogens is 2. The molecule has 1 fully saturated rings. The average molecular weight is 524 g/mol. The number of nitriles is 1. The van der Waals surface area contributed by atoms with Gasteiger partial charge in [0.25, 0.3) is 11.8 Å². The average Bonchev–Trinajstić information content (AvgIpc) is 3.40. The molecule has 1 aliphatic rings. The minimum Gasteiger partial charge on any atom is -0.447 e. The van der Waals surface area contributed by atoms with E-state index in [0.717, 1.165) is 9.80 Å². The molecule has 0 saturated carbocycles. The highest BCUT2D eigenvalue weighted by atomic mass is 32.2. The number of nitrogens with one attached hydrogen (secondary N) is 2. The van der Waals surface area contributed by atoms with Gasteiger partial charge in [0.15, 0.2) is 0 Å². The highest BCUT2D eigenvalue weighted by molar-refractivity contribution is 7.98. The van der Waals surface area contributed by atoms with Crippen molar-refractivity contribution < 1.29 is 27.9 Å². The van der Waals surface area contributed by atoms with Crippen LogP contribution >= 0.6 is 23.1 Å². The lowest BCUT2D eigenvalue weighted by atomic mass is 10.2. The van der Waals surface area contributed by atoms with Gasteiger partial charge < -0.3 is 15.0 Å². The molecule has 1 atom stereocenters. The van der Waals surface area contributed by atoms with Crippen LogP contribution < -0.4 is 10.6 Å². The van der Waals surface area contributed by atoms with E-state index in [1.54, 1.807) is 37.4 Å². The summed E-state index contributed by atoms with van der Waals surface area (Å²) in [6.45, 7) is 2.18. The van der Waals surface area contributed by atoms with Crippen molar-refractivity contribution in [1.29, 1.82) is 5.26 Å². The van der Waals surface area contributed by atoms with E-state index >= 15 is 0 Å². The molecule has 2 aromatic rings. The third kappa shape index (κ3) is 7.63. The number of amides is 3. The van der Waals surface area contributed by atoms with E-state index in [-0.39, 0.29) is 11.8 Å². The van der Waals surface area contributed by atoms with Crippen molar-refractivity contribution in [3.63, 3.8) is 0 Å². The maximum absolute atomic E-state index is 13.5. The third-order valence-electron chi connectivity index (χ3n) is 4.73. The fourth-order valence-electron chi connectivity index (χ4n) is 3.16. The van der Waals surface area contributed by atoms with Crippen LogP contribution in [0.3, 0.4) is 0 Å². The van der Waals surface area contributed by atoms with E-state index in [2.05, 4.69) is 15.6 Å². The molecule has 9 nitrogen and oxygen atoms in total. The lowest BCUT2D eigenvalue weighted by Crippen LogP contribution is -2.43. The number of likely N-dealkylation sites (tertiary alicyclic amines) is 1.